The standard InChI is InChI=1S/C20H16BrNO5S/c21-14-2-5-16(6-3-14)28(24)11-15-4-8-18(27-15)20(23)22-10-13-1-7-17-19(9-13)26-12-25-17/h1-9H,10-12H2,(H,22,23)/t28-/m0/s1. The van der Waals surface area contributed by atoms with Crippen LogP contribution in [0.1, 0.15) is 21.9 Å². The number of hydrogen-bond acceptors (Lipinski definition) is 5. The molecular formula is C20H16BrNO5S. The van der Waals surface area contributed by atoms with Crippen molar-refractivity contribution in [1.82, 2.24) is 5.32 Å². The number of hydrogen-bond donors (Lipinski definition) is 1. The van der Waals surface area contributed by atoms with Gasteiger partial charge in [-0.1, -0.05) is 22.0 Å². The predicted molar refractivity (Wildman–Crippen MR) is 107 cm³/mol. The summed E-state index contributed by atoms with van der Waals surface area (Å²) in [7, 11) is -1.25. The molecule has 2 aromatic carbocycles. The molecule has 1 aromatic heterocycles. The topological polar surface area (TPSA) is 77.8 Å². The van der Waals surface area contributed by atoms with Crippen LogP contribution in [0.2, 0.25) is 0 Å². The second-order valence-electron chi connectivity index (χ2n) is 6.08. The molecule has 2 heterocycles. The van der Waals surface area contributed by atoms with Crippen molar-refractivity contribution in [2.75, 3.05) is 6.79 Å². The second-order valence-corrected chi connectivity index (χ2v) is 8.45. The van der Waals surface area contributed by atoms with Crippen LogP contribution in [0.3, 0.4) is 0 Å². The minimum Gasteiger partial charge on any atom is -0.455 e. The Labute approximate surface area is 172 Å². The van der Waals surface area contributed by atoms with Crippen LogP contribution >= 0.6 is 15.9 Å². The number of benzene rings is 2. The lowest BCUT2D eigenvalue weighted by Gasteiger charge is -2.05. The molecule has 1 aliphatic heterocycles. The summed E-state index contributed by atoms with van der Waals surface area (Å²) in [5.41, 5.74) is 0.890. The van der Waals surface area contributed by atoms with Crippen LogP contribution in [0, 0.1) is 0 Å². The van der Waals surface area contributed by atoms with Crippen LogP contribution in [-0.2, 0) is 23.1 Å². The molecule has 1 atom stereocenters. The molecule has 0 unspecified atom stereocenters. The number of halogens is 1. The smallest absolute Gasteiger partial charge is 0.287 e. The molecule has 1 amide bonds. The number of fused-ring (bicyclic) bond motifs is 1. The van der Waals surface area contributed by atoms with E-state index in [0.717, 1.165) is 10.0 Å². The Morgan fingerprint density at radius 1 is 1.04 bits per heavy atom. The fourth-order valence-electron chi connectivity index (χ4n) is 2.70. The largest absolute Gasteiger partial charge is 0.455 e. The van der Waals surface area contributed by atoms with Gasteiger partial charge in [0.25, 0.3) is 5.91 Å². The number of ether oxygens (including phenoxy) is 2. The van der Waals surface area contributed by atoms with Crippen molar-refractivity contribution in [2.45, 2.75) is 17.2 Å². The van der Waals surface area contributed by atoms with E-state index in [1.54, 1.807) is 24.3 Å². The lowest BCUT2D eigenvalue weighted by atomic mass is 10.2. The first kappa shape index (κ1) is 18.8. The third-order valence-corrected chi connectivity index (χ3v) is 6.00. The minimum atomic E-state index is -1.25. The number of furan rings is 1. The number of carbonyl (C=O) groups is 1. The fraction of sp³-hybridized carbons (Fsp3) is 0.150. The van der Waals surface area contributed by atoms with Crippen LogP contribution in [0.4, 0.5) is 0 Å². The summed E-state index contributed by atoms with van der Waals surface area (Å²) in [4.78, 5) is 13.0. The van der Waals surface area contributed by atoms with Crippen molar-refractivity contribution in [1.29, 1.82) is 0 Å². The van der Waals surface area contributed by atoms with E-state index in [4.69, 9.17) is 13.9 Å². The Balaban J connectivity index is 1.35. The van der Waals surface area contributed by atoms with E-state index in [-0.39, 0.29) is 24.2 Å². The number of nitrogens with one attached hydrogen (secondary N) is 1. The summed E-state index contributed by atoms with van der Waals surface area (Å²) < 4.78 is 29.5. The first-order chi connectivity index (χ1) is 13.6. The van der Waals surface area contributed by atoms with E-state index in [0.29, 0.717) is 28.7 Å². The summed E-state index contributed by atoms with van der Waals surface area (Å²) in [5.74, 6) is 1.92. The van der Waals surface area contributed by atoms with Crippen molar-refractivity contribution in [2.24, 2.45) is 0 Å². The van der Waals surface area contributed by atoms with Gasteiger partial charge in [0.05, 0.1) is 16.6 Å². The zero-order valence-electron chi connectivity index (χ0n) is 14.6. The van der Waals surface area contributed by atoms with Gasteiger partial charge in [0.15, 0.2) is 17.3 Å². The molecule has 0 aliphatic carbocycles. The molecule has 28 heavy (non-hydrogen) atoms. The highest BCUT2D eigenvalue weighted by molar-refractivity contribution is 9.10. The highest BCUT2D eigenvalue weighted by atomic mass is 79.9. The highest BCUT2D eigenvalue weighted by Crippen LogP contribution is 2.32. The predicted octanol–water partition coefficient (Wildman–Crippen LogP) is 4.01. The van der Waals surface area contributed by atoms with Gasteiger partial charge < -0.3 is 19.2 Å². The van der Waals surface area contributed by atoms with Crippen LogP contribution in [0.15, 0.2) is 68.4 Å². The third kappa shape index (κ3) is 4.28. The molecule has 1 N–H and O–H groups in total. The Morgan fingerprint density at radius 3 is 2.64 bits per heavy atom. The lowest BCUT2D eigenvalue weighted by Crippen LogP contribution is -2.22. The highest BCUT2D eigenvalue weighted by Gasteiger charge is 2.16. The molecule has 6 nitrogen and oxygen atoms in total. The van der Waals surface area contributed by atoms with Crippen LogP contribution in [-0.4, -0.2) is 16.9 Å². The molecular weight excluding hydrogens is 446 g/mol. The molecule has 0 bridgehead atoms. The van der Waals surface area contributed by atoms with E-state index >= 15 is 0 Å². The summed E-state index contributed by atoms with van der Waals surface area (Å²) in [6, 6.07) is 16.0. The molecule has 0 radical (unpaired) electrons. The van der Waals surface area contributed by atoms with Gasteiger partial charge in [0.1, 0.15) is 5.76 Å². The third-order valence-electron chi connectivity index (χ3n) is 4.13. The first-order valence-electron chi connectivity index (χ1n) is 8.48. The molecule has 0 spiro atoms. The summed E-state index contributed by atoms with van der Waals surface area (Å²) in [6.07, 6.45) is 0. The Bertz CT molecular complexity index is 1030. The van der Waals surface area contributed by atoms with E-state index in [1.807, 2.05) is 30.3 Å². The van der Waals surface area contributed by atoms with Crippen LogP contribution in [0.25, 0.3) is 0 Å². The Morgan fingerprint density at radius 2 is 1.82 bits per heavy atom. The van der Waals surface area contributed by atoms with Gasteiger partial charge in [0, 0.05) is 15.9 Å². The number of rotatable bonds is 6. The maximum absolute atomic E-state index is 12.4. The van der Waals surface area contributed by atoms with Crippen LogP contribution < -0.4 is 14.8 Å². The molecule has 8 heteroatoms. The quantitative estimate of drug-likeness (QED) is 0.599. The number of amides is 1. The average molecular weight is 462 g/mol. The summed E-state index contributed by atoms with van der Waals surface area (Å²) in [5, 5.41) is 2.80. The molecule has 0 saturated carbocycles. The molecule has 1 aliphatic rings. The average Bonchev–Trinajstić information content (AvgIpc) is 3.35. The van der Waals surface area contributed by atoms with E-state index in [1.165, 1.54) is 0 Å². The maximum Gasteiger partial charge on any atom is 0.287 e. The van der Waals surface area contributed by atoms with Crippen LogP contribution in [0.5, 0.6) is 11.5 Å². The van der Waals surface area contributed by atoms with Crippen molar-refractivity contribution >= 4 is 32.6 Å². The van der Waals surface area contributed by atoms with Gasteiger partial charge in [-0.3, -0.25) is 9.00 Å². The minimum absolute atomic E-state index is 0.184. The molecule has 0 fully saturated rings. The van der Waals surface area contributed by atoms with Gasteiger partial charge in [-0.2, -0.15) is 0 Å². The molecule has 3 aromatic rings. The zero-order valence-corrected chi connectivity index (χ0v) is 17.0. The number of carbonyl (C=O) groups excluding carboxylic acids is 1. The van der Waals surface area contributed by atoms with E-state index < -0.39 is 10.8 Å². The maximum atomic E-state index is 12.4. The molecule has 4 rings (SSSR count). The van der Waals surface area contributed by atoms with Gasteiger partial charge >= 0.3 is 0 Å². The summed E-state index contributed by atoms with van der Waals surface area (Å²) in [6.45, 7) is 0.540. The van der Waals surface area contributed by atoms with Crippen molar-refractivity contribution < 1.29 is 22.9 Å². The van der Waals surface area contributed by atoms with Gasteiger partial charge in [0.2, 0.25) is 6.79 Å². The monoisotopic (exact) mass is 461 g/mol. The SMILES string of the molecule is O=C(NCc1ccc2c(c1)OCO2)c1ccc(C[S@](=O)c2ccc(Br)cc2)o1. The summed E-state index contributed by atoms with van der Waals surface area (Å²) >= 11 is 3.35. The van der Waals surface area contributed by atoms with Crippen molar-refractivity contribution in [3.05, 3.63) is 76.2 Å². The van der Waals surface area contributed by atoms with Gasteiger partial charge in [-0.15, -0.1) is 0 Å². The Kier molecular flexibility index (Phi) is 5.50. The Hall–Kier alpha value is -2.58. The first-order valence-corrected chi connectivity index (χ1v) is 10.6. The van der Waals surface area contributed by atoms with E-state index in [2.05, 4.69) is 21.2 Å². The van der Waals surface area contributed by atoms with Gasteiger partial charge in [-0.25, -0.2) is 0 Å². The zero-order chi connectivity index (χ0) is 19.5. The van der Waals surface area contributed by atoms with Crippen molar-refractivity contribution in [3.63, 3.8) is 0 Å². The molecule has 144 valence electrons. The normalized spacial score (nSPS) is 13.3. The molecule has 0 saturated heterocycles. The van der Waals surface area contributed by atoms with Crippen molar-refractivity contribution in [3.8, 4) is 11.5 Å². The van der Waals surface area contributed by atoms with Gasteiger partial charge in [-0.05, 0) is 54.1 Å². The van der Waals surface area contributed by atoms with E-state index in [9.17, 15) is 9.00 Å². The second kappa shape index (κ2) is 8.20. The fourth-order valence-corrected chi connectivity index (χ4v) is 3.98. The lowest BCUT2D eigenvalue weighted by molar-refractivity contribution is 0.0921.